The summed E-state index contributed by atoms with van der Waals surface area (Å²) in [6.07, 6.45) is 4.38. The Hall–Kier alpha value is -2.54. The van der Waals surface area contributed by atoms with Crippen molar-refractivity contribution in [3.8, 4) is 11.6 Å². The Morgan fingerprint density at radius 3 is 2.78 bits per heavy atom. The van der Waals surface area contributed by atoms with E-state index in [1.165, 1.54) is 30.5 Å². The average Bonchev–Trinajstić information content (AvgIpc) is 2.57. The summed E-state index contributed by atoms with van der Waals surface area (Å²) in [5, 5.41) is 5.77. The Morgan fingerprint density at radius 2 is 2.04 bits per heavy atom. The molecule has 1 aromatic heterocycles. The van der Waals surface area contributed by atoms with Gasteiger partial charge in [-0.25, -0.2) is 9.37 Å². The lowest BCUT2D eigenvalue weighted by atomic mass is 10.3. The Morgan fingerprint density at radius 1 is 1.26 bits per heavy atom. The third-order valence-electron chi connectivity index (χ3n) is 3.04. The molecule has 6 nitrogen and oxygen atoms in total. The predicted molar refractivity (Wildman–Crippen MR) is 83.5 cm³/mol. The summed E-state index contributed by atoms with van der Waals surface area (Å²) in [6, 6.07) is 5.70. The van der Waals surface area contributed by atoms with Gasteiger partial charge in [-0.1, -0.05) is 0 Å². The summed E-state index contributed by atoms with van der Waals surface area (Å²) in [6.45, 7) is 1.24. The van der Waals surface area contributed by atoms with Gasteiger partial charge in [0.1, 0.15) is 11.6 Å². The fourth-order valence-electron chi connectivity index (χ4n) is 1.86. The molecule has 0 radical (unpaired) electrons. The minimum Gasteiger partial charge on any atom is -0.437 e. The summed E-state index contributed by atoms with van der Waals surface area (Å²) >= 11 is 0. The second kappa shape index (κ2) is 8.79. The van der Waals surface area contributed by atoms with E-state index in [9.17, 15) is 9.18 Å². The van der Waals surface area contributed by atoms with Gasteiger partial charge >= 0.3 is 0 Å². The number of hydrogen-bond donors (Lipinski definition) is 2. The second-order valence-corrected chi connectivity index (χ2v) is 4.86. The smallest absolute Gasteiger partial charge is 0.238 e. The lowest BCUT2D eigenvalue weighted by Crippen LogP contribution is -2.21. The van der Waals surface area contributed by atoms with E-state index >= 15 is 0 Å². The first kappa shape index (κ1) is 16.8. The number of ether oxygens (including phenoxy) is 1. The summed E-state index contributed by atoms with van der Waals surface area (Å²) in [5.74, 6) is 0.553. The first-order valence-electron chi connectivity index (χ1n) is 7.33. The van der Waals surface area contributed by atoms with Crippen molar-refractivity contribution in [2.24, 2.45) is 0 Å². The molecule has 0 fully saturated rings. The van der Waals surface area contributed by atoms with E-state index in [-0.39, 0.29) is 11.7 Å². The molecule has 0 saturated carbocycles. The summed E-state index contributed by atoms with van der Waals surface area (Å²) in [7, 11) is 1.62. The van der Waals surface area contributed by atoms with Crippen LogP contribution in [-0.2, 0) is 11.3 Å². The average molecular weight is 318 g/mol. The highest BCUT2D eigenvalue weighted by molar-refractivity contribution is 5.75. The van der Waals surface area contributed by atoms with Crippen LogP contribution in [0.5, 0.6) is 11.6 Å². The molecule has 1 amide bonds. The Kier molecular flexibility index (Phi) is 6.43. The van der Waals surface area contributed by atoms with Gasteiger partial charge in [-0.15, -0.1) is 0 Å². The molecule has 122 valence electrons. The van der Waals surface area contributed by atoms with Crippen LogP contribution in [0.15, 0.2) is 36.7 Å². The molecule has 0 saturated heterocycles. The Bertz CT molecular complexity index is 634. The van der Waals surface area contributed by atoms with Crippen LogP contribution in [0, 0.1) is 5.82 Å². The van der Waals surface area contributed by atoms with Crippen LogP contribution >= 0.6 is 0 Å². The molecule has 0 aliphatic rings. The highest BCUT2D eigenvalue weighted by Gasteiger charge is 2.03. The van der Waals surface area contributed by atoms with Gasteiger partial charge < -0.3 is 15.4 Å². The summed E-state index contributed by atoms with van der Waals surface area (Å²) < 4.78 is 18.4. The van der Waals surface area contributed by atoms with Crippen molar-refractivity contribution in [1.29, 1.82) is 0 Å². The molecule has 0 aliphatic carbocycles. The third kappa shape index (κ3) is 5.99. The van der Waals surface area contributed by atoms with Crippen LogP contribution in [0.1, 0.15) is 18.5 Å². The van der Waals surface area contributed by atoms with Crippen LogP contribution in [0.4, 0.5) is 4.39 Å². The zero-order valence-electron chi connectivity index (χ0n) is 12.9. The maximum atomic E-state index is 12.8. The predicted octanol–water partition coefficient (Wildman–Crippen LogP) is 2.02. The van der Waals surface area contributed by atoms with E-state index in [0.717, 1.165) is 12.1 Å². The minimum atomic E-state index is -0.321. The lowest BCUT2D eigenvalue weighted by Gasteiger charge is -2.07. The van der Waals surface area contributed by atoms with Crippen molar-refractivity contribution in [2.45, 2.75) is 19.4 Å². The number of benzene rings is 1. The molecular weight excluding hydrogens is 299 g/mol. The number of nitrogens with zero attached hydrogens (tertiary/aromatic N) is 2. The number of carbonyl (C=O) groups is 1. The quantitative estimate of drug-likeness (QED) is 0.728. The molecule has 1 aromatic carbocycles. The van der Waals surface area contributed by atoms with Crippen LogP contribution in [0.3, 0.4) is 0 Å². The van der Waals surface area contributed by atoms with Crippen LogP contribution in [0.2, 0.25) is 0 Å². The molecule has 7 heteroatoms. The molecule has 2 aromatic rings. The largest absolute Gasteiger partial charge is 0.437 e. The lowest BCUT2D eigenvalue weighted by molar-refractivity contribution is -0.120. The van der Waals surface area contributed by atoms with Gasteiger partial charge in [0.05, 0.1) is 11.9 Å². The number of nitrogens with one attached hydrogen (secondary N) is 2. The van der Waals surface area contributed by atoms with Crippen LogP contribution in [-0.4, -0.2) is 29.5 Å². The van der Waals surface area contributed by atoms with E-state index in [0.29, 0.717) is 31.1 Å². The van der Waals surface area contributed by atoms with Crippen molar-refractivity contribution >= 4 is 5.91 Å². The summed E-state index contributed by atoms with van der Waals surface area (Å²) in [5.41, 5.74) is 0.726. The molecule has 0 atom stereocenters. The molecular formula is C16H19FN4O2. The summed E-state index contributed by atoms with van der Waals surface area (Å²) in [4.78, 5) is 19.5. The van der Waals surface area contributed by atoms with Crippen LogP contribution < -0.4 is 15.4 Å². The SMILES string of the molecule is CNC(=O)CCCNCc1cncc(Oc2ccc(F)cc2)n1. The molecule has 0 bridgehead atoms. The molecule has 2 N–H and O–H groups in total. The maximum Gasteiger partial charge on any atom is 0.238 e. The highest BCUT2D eigenvalue weighted by Crippen LogP contribution is 2.18. The normalized spacial score (nSPS) is 10.3. The first-order chi connectivity index (χ1) is 11.2. The molecule has 1 heterocycles. The number of halogens is 1. The zero-order chi connectivity index (χ0) is 16.5. The molecule has 0 spiro atoms. The standard InChI is InChI=1S/C16H19FN4O2/c1-18-15(22)3-2-8-19-9-13-10-20-11-16(21-13)23-14-6-4-12(17)5-7-14/h4-7,10-11,19H,2-3,8-9H2,1H3,(H,18,22). The number of aromatic nitrogens is 2. The molecule has 2 rings (SSSR count). The molecule has 23 heavy (non-hydrogen) atoms. The Labute approximate surface area is 134 Å². The molecule has 0 aliphatic heterocycles. The Balaban J connectivity index is 1.80. The van der Waals surface area contributed by atoms with Gasteiger partial charge in [0.2, 0.25) is 11.8 Å². The van der Waals surface area contributed by atoms with Crippen molar-refractivity contribution in [3.05, 3.63) is 48.2 Å². The third-order valence-corrected chi connectivity index (χ3v) is 3.04. The zero-order valence-corrected chi connectivity index (χ0v) is 12.9. The van der Waals surface area contributed by atoms with E-state index in [2.05, 4.69) is 20.6 Å². The number of amides is 1. The van der Waals surface area contributed by atoms with Gasteiger partial charge in [-0.2, -0.15) is 0 Å². The number of hydrogen-bond acceptors (Lipinski definition) is 5. The fraction of sp³-hybridized carbons (Fsp3) is 0.312. The van der Waals surface area contributed by atoms with Gasteiger partial charge in [0.25, 0.3) is 0 Å². The monoisotopic (exact) mass is 318 g/mol. The van der Waals surface area contributed by atoms with Crippen molar-refractivity contribution in [2.75, 3.05) is 13.6 Å². The van der Waals surface area contributed by atoms with Crippen molar-refractivity contribution in [1.82, 2.24) is 20.6 Å². The number of carbonyl (C=O) groups excluding carboxylic acids is 1. The second-order valence-electron chi connectivity index (χ2n) is 4.86. The highest BCUT2D eigenvalue weighted by atomic mass is 19.1. The van der Waals surface area contributed by atoms with Crippen molar-refractivity contribution < 1.29 is 13.9 Å². The first-order valence-corrected chi connectivity index (χ1v) is 7.33. The van der Waals surface area contributed by atoms with Gasteiger partial charge in [0, 0.05) is 26.2 Å². The van der Waals surface area contributed by atoms with E-state index in [1.54, 1.807) is 13.2 Å². The van der Waals surface area contributed by atoms with E-state index in [4.69, 9.17) is 4.74 Å². The van der Waals surface area contributed by atoms with E-state index in [1.807, 2.05) is 0 Å². The minimum absolute atomic E-state index is 0.0290. The topological polar surface area (TPSA) is 76.1 Å². The van der Waals surface area contributed by atoms with Gasteiger partial charge in [-0.3, -0.25) is 9.78 Å². The maximum absolute atomic E-state index is 12.8. The van der Waals surface area contributed by atoms with Gasteiger partial charge in [-0.05, 0) is 37.2 Å². The number of rotatable bonds is 8. The molecule has 0 unspecified atom stereocenters. The fourth-order valence-corrected chi connectivity index (χ4v) is 1.86. The van der Waals surface area contributed by atoms with Crippen molar-refractivity contribution in [3.63, 3.8) is 0 Å². The van der Waals surface area contributed by atoms with E-state index < -0.39 is 0 Å². The van der Waals surface area contributed by atoms with Gasteiger partial charge in [0.15, 0.2) is 0 Å². The van der Waals surface area contributed by atoms with Crippen LogP contribution in [0.25, 0.3) is 0 Å².